The second-order valence-corrected chi connectivity index (χ2v) is 7.90. The molecule has 154 valence electrons. The molecule has 30 heavy (non-hydrogen) atoms. The molecule has 3 aromatic rings. The van der Waals surface area contributed by atoms with Crippen LogP contribution in [0.4, 0.5) is 0 Å². The van der Waals surface area contributed by atoms with Crippen LogP contribution in [0.2, 0.25) is 0 Å². The van der Waals surface area contributed by atoms with Crippen LogP contribution in [0.5, 0.6) is 0 Å². The van der Waals surface area contributed by atoms with Gasteiger partial charge in [-0.15, -0.1) is 0 Å². The van der Waals surface area contributed by atoms with Crippen LogP contribution >= 0.6 is 0 Å². The quantitative estimate of drug-likeness (QED) is 0.618. The zero-order valence-corrected chi connectivity index (χ0v) is 17.0. The van der Waals surface area contributed by atoms with E-state index in [4.69, 9.17) is 0 Å². The maximum Gasteiger partial charge on any atom is 0.240 e. The fraction of sp³-hybridized carbons (Fsp3) is 0.304. The van der Waals surface area contributed by atoms with Gasteiger partial charge in [0.05, 0.1) is 22.5 Å². The second kappa shape index (κ2) is 7.74. The van der Waals surface area contributed by atoms with Gasteiger partial charge in [-0.25, -0.2) is 4.98 Å². The number of carbonyl (C=O) groups is 3. The lowest BCUT2D eigenvalue weighted by molar-refractivity contribution is -0.140. The molecule has 3 amide bonds. The Morgan fingerprint density at radius 2 is 1.87 bits per heavy atom. The highest BCUT2D eigenvalue weighted by molar-refractivity contribution is 6.09. The molecule has 0 saturated carbocycles. The molecule has 7 heteroatoms. The molecule has 0 spiro atoms. The van der Waals surface area contributed by atoms with Crippen molar-refractivity contribution in [2.24, 2.45) is 0 Å². The van der Waals surface area contributed by atoms with Crippen LogP contribution in [-0.4, -0.2) is 39.1 Å². The highest BCUT2D eigenvalue weighted by Gasteiger charge is 2.49. The number of likely N-dealkylation sites (tertiary alicyclic amines) is 1. The van der Waals surface area contributed by atoms with Crippen molar-refractivity contribution in [3.05, 3.63) is 66.0 Å². The molecule has 1 aliphatic rings. The third-order valence-electron chi connectivity index (χ3n) is 5.69. The predicted molar refractivity (Wildman–Crippen MR) is 112 cm³/mol. The lowest BCUT2D eigenvalue weighted by Gasteiger charge is -2.22. The van der Waals surface area contributed by atoms with Crippen LogP contribution in [0.25, 0.3) is 11.0 Å². The molecule has 1 fully saturated rings. The fourth-order valence-corrected chi connectivity index (χ4v) is 3.92. The van der Waals surface area contributed by atoms with Crippen molar-refractivity contribution in [1.82, 2.24) is 20.2 Å². The normalized spacial score (nSPS) is 20.0. The van der Waals surface area contributed by atoms with Gasteiger partial charge in [0.15, 0.2) is 0 Å². The number of hydrogen-bond donors (Lipinski definition) is 2. The molecule has 0 unspecified atom stereocenters. The SMILES string of the molecule is C[C@H](NC(=O)CCN1C(=O)C[C@](C)(c2ccccc2)C1=O)c1nc2ccccc2[nH]1. The first kappa shape index (κ1) is 19.8. The van der Waals surface area contributed by atoms with E-state index in [1.54, 1.807) is 6.92 Å². The Morgan fingerprint density at radius 3 is 2.60 bits per heavy atom. The first-order valence-corrected chi connectivity index (χ1v) is 10.0. The number of amides is 3. The number of carbonyl (C=O) groups excluding carboxylic acids is 3. The van der Waals surface area contributed by atoms with E-state index in [2.05, 4.69) is 15.3 Å². The summed E-state index contributed by atoms with van der Waals surface area (Å²) in [5.41, 5.74) is 1.68. The minimum atomic E-state index is -0.879. The van der Waals surface area contributed by atoms with E-state index in [1.165, 1.54) is 4.90 Å². The second-order valence-electron chi connectivity index (χ2n) is 7.90. The summed E-state index contributed by atoms with van der Waals surface area (Å²) >= 11 is 0. The Balaban J connectivity index is 1.37. The van der Waals surface area contributed by atoms with Gasteiger partial charge in [-0.2, -0.15) is 0 Å². The molecule has 2 aromatic carbocycles. The predicted octanol–water partition coefficient (Wildman–Crippen LogP) is 2.85. The molecule has 2 N–H and O–H groups in total. The number of rotatable bonds is 6. The number of para-hydroxylation sites is 2. The van der Waals surface area contributed by atoms with Gasteiger partial charge >= 0.3 is 0 Å². The minimum Gasteiger partial charge on any atom is -0.346 e. The standard InChI is InChI=1S/C23H24N4O3/c1-15(21-25-17-10-6-7-11-18(17)26-21)24-19(28)12-13-27-20(29)14-23(2,22(27)30)16-8-4-3-5-9-16/h3-11,15H,12-14H2,1-2H3,(H,24,28)(H,25,26)/t15-,23+/m0/s1. The van der Waals surface area contributed by atoms with Crippen molar-refractivity contribution < 1.29 is 14.4 Å². The molecule has 2 heterocycles. The Morgan fingerprint density at radius 1 is 1.17 bits per heavy atom. The summed E-state index contributed by atoms with van der Waals surface area (Å²) in [4.78, 5) is 46.8. The first-order chi connectivity index (χ1) is 14.4. The van der Waals surface area contributed by atoms with Crippen LogP contribution < -0.4 is 5.32 Å². The van der Waals surface area contributed by atoms with Gasteiger partial charge in [0, 0.05) is 19.4 Å². The highest BCUT2D eigenvalue weighted by atomic mass is 16.2. The van der Waals surface area contributed by atoms with Gasteiger partial charge in [-0.3, -0.25) is 19.3 Å². The first-order valence-electron chi connectivity index (χ1n) is 10.0. The topological polar surface area (TPSA) is 95.2 Å². The number of fused-ring (bicyclic) bond motifs is 1. The van der Waals surface area contributed by atoms with Crippen LogP contribution in [0.3, 0.4) is 0 Å². The fourth-order valence-electron chi connectivity index (χ4n) is 3.92. The number of aromatic nitrogens is 2. The minimum absolute atomic E-state index is 0.0485. The molecule has 7 nitrogen and oxygen atoms in total. The lowest BCUT2D eigenvalue weighted by Crippen LogP contribution is -2.39. The molecular formula is C23H24N4O3. The van der Waals surface area contributed by atoms with Gasteiger partial charge in [-0.1, -0.05) is 42.5 Å². The average Bonchev–Trinajstić information content (AvgIpc) is 3.27. The number of nitrogens with zero attached hydrogens (tertiary/aromatic N) is 2. The van der Waals surface area contributed by atoms with E-state index in [1.807, 2.05) is 61.5 Å². The highest BCUT2D eigenvalue weighted by Crippen LogP contribution is 2.36. The largest absolute Gasteiger partial charge is 0.346 e. The third kappa shape index (κ3) is 3.58. The van der Waals surface area contributed by atoms with Crippen molar-refractivity contribution in [2.75, 3.05) is 6.54 Å². The Bertz CT molecular complexity index is 1070. The van der Waals surface area contributed by atoms with E-state index in [9.17, 15) is 14.4 Å². The molecule has 1 saturated heterocycles. The molecular weight excluding hydrogens is 380 g/mol. The van der Waals surface area contributed by atoms with Crippen molar-refractivity contribution in [3.8, 4) is 0 Å². The van der Waals surface area contributed by atoms with Gasteiger partial charge in [0.25, 0.3) is 0 Å². The van der Waals surface area contributed by atoms with Gasteiger partial charge in [-0.05, 0) is 31.5 Å². The number of nitrogens with one attached hydrogen (secondary N) is 2. The van der Waals surface area contributed by atoms with E-state index < -0.39 is 5.41 Å². The van der Waals surface area contributed by atoms with E-state index in [0.717, 1.165) is 16.6 Å². The number of hydrogen-bond acceptors (Lipinski definition) is 4. The van der Waals surface area contributed by atoms with Crippen molar-refractivity contribution >= 4 is 28.8 Å². The summed E-state index contributed by atoms with van der Waals surface area (Å²) in [6.45, 7) is 3.69. The van der Waals surface area contributed by atoms with Crippen LogP contribution in [0.1, 0.15) is 44.1 Å². The van der Waals surface area contributed by atoms with Crippen molar-refractivity contribution in [2.45, 2.75) is 38.1 Å². The molecule has 1 aliphatic heterocycles. The van der Waals surface area contributed by atoms with Crippen LogP contribution in [0.15, 0.2) is 54.6 Å². The molecule has 0 radical (unpaired) electrons. The monoisotopic (exact) mass is 404 g/mol. The smallest absolute Gasteiger partial charge is 0.240 e. The number of imidazole rings is 1. The molecule has 0 aliphatic carbocycles. The Labute approximate surface area is 174 Å². The number of aromatic amines is 1. The third-order valence-corrected chi connectivity index (χ3v) is 5.69. The zero-order valence-electron chi connectivity index (χ0n) is 17.0. The van der Waals surface area contributed by atoms with Crippen molar-refractivity contribution in [1.29, 1.82) is 0 Å². The number of imide groups is 1. The summed E-state index contributed by atoms with van der Waals surface area (Å²) in [5, 5.41) is 2.88. The number of benzene rings is 2. The Kier molecular flexibility index (Phi) is 5.11. The van der Waals surface area contributed by atoms with E-state index >= 15 is 0 Å². The summed E-state index contributed by atoms with van der Waals surface area (Å²) in [7, 11) is 0. The van der Waals surface area contributed by atoms with E-state index in [-0.39, 0.29) is 43.1 Å². The van der Waals surface area contributed by atoms with Crippen LogP contribution in [0, 0.1) is 0 Å². The average molecular weight is 404 g/mol. The molecule has 4 rings (SSSR count). The summed E-state index contributed by atoms with van der Waals surface area (Å²) in [5.74, 6) is -0.0762. The maximum absolute atomic E-state index is 13.0. The zero-order chi connectivity index (χ0) is 21.3. The maximum atomic E-state index is 13.0. The molecule has 0 bridgehead atoms. The van der Waals surface area contributed by atoms with E-state index in [0.29, 0.717) is 5.82 Å². The molecule has 2 atom stereocenters. The van der Waals surface area contributed by atoms with Crippen LogP contribution in [-0.2, 0) is 19.8 Å². The summed E-state index contributed by atoms with van der Waals surface area (Å²) < 4.78 is 0. The van der Waals surface area contributed by atoms with Crippen molar-refractivity contribution in [3.63, 3.8) is 0 Å². The Hall–Kier alpha value is -3.48. The summed E-state index contributed by atoms with van der Waals surface area (Å²) in [6, 6.07) is 16.6. The van der Waals surface area contributed by atoms with Gasteiger partial charge < -0.3 is 10.3 Å². The number of H-pyrrole nitrogens is 1. The van der Waals surface area contributed by atoms with Gasteiger partial charge in [0.2, 0.25) is 17.7 Å². The summed E-state index contributed by atoms with van der Waals surface area (Å²) in [6.07, 6.45) is 0.166. The molecule has 1 aromatic heterocycles. The van der Waals surface area contributed by atoms with Gasteiger partial charge in [0.1, 0.15) is 5.82 Å². The lowest BCUT2D eigenvalue weighted by atomic mass is 9.81.